The Kier molecular flexibility index (Phi) is 5.99. The van der Waals surface area contributed by atoms with E-state index >= 15 is 0 Å². The third kappa shape index (κ3) is 3.25. The van der Waals surface area contributed by atoms with Crippen LogP contribution in [0.15, 0.2) is 5.16 Å². The molecular weight excluding hydrogens is 360 g/mol. The zero-order valence-corrected chi connectivity index (χ0v) is 18.0. The van der Waals surface area contributed by atoms with Crippen molar-refractivity contribution in [3.8, 4) is 0 Å². The molecule has 0 saturated heterocycles. The van der Waals surface area contributed by atoms with Crippen molar-refractivity contribution < 1.29 is 9.63 Å². The molecule has 0 heterocycles. The van der Waals surface area contributed by atoms with Gasteiger partial charge in [0.15, 0.2) is 0 Å². The monoisotopic (exact) mass is 396 g/mol. The van der Waals surface area contributed by atoms with Crippen molar-refractivity contribution in [3.05, 3.63) is 0 Å². The fourth-order valence-electron chi connectivity index (χ4n) is 7.57. The van der Waals surface area contributed by atoms with Crippen LogP contribution in [0.3, 0.4) is 0 Å². The molecule has 0 aromatic heterocycles. The Bertz CT molecular complexity index is 609. The molecule has 4 nitrogen and oxygen atoms in total. The second kappa shape index (κ2) is 7.67. The minimum Gasteiger partial charge on any atom is -0.395 e. The molecule has 0 amide bonds. The number of hydrogen-bond donors (Lipinski definition) is 1. The van der Waals surface area contributed by atoms with E-state index in [1.165, 1.54) is 25.0 Å². The van der Waals surface area contributed by atoms with E-state index in [4.69, 9.17) is 10.6 Å². The number of carbonyl (C=O) groups is 1. The topological polar surface area (TPSA) is 64.7 Å². The molecule has 154 valence electrons. The summed E-state index contributed by atoms with van der Waals surface area (Å²) in [6, 6.07) is 0. The van der Waals surface area contributed by atoms with Gasteiger partial charge in [-0.25, -0.2) is 0 Å². The predicted octanol–water partition coefficient (Wildman–Crippen LogP) is 4.60. The van der Waals surface area contributed by atoms with Gasteiger partial charge in [0.25, 0.3) is 0 Å². The molecule has 4 rings (SSSR count). The Morgan fingerprint density at radius 2 is 1.93 bits per heavy atom. The number of nitrogens with zero attached hydrogens (tertiary/aromatic N) is 1. The van der Waals surface area contributed by atoms with Crippen molar-refractivity contribution >= 4 is 23.9 Å². The summed E-state index contributed by atoms with van der Waals surface area (Å²) in [6.45, 7) is 8.33. The fourth-order valence-corrected chi connectivity index (χ4v) is 7.57. The maximum absolute atomic E-state index is 12.6. The van der Waals surface area contributed by atoms with Crippen LogP contribution in [-0.2, 0) is 9.63 Å². The lowest BCUT2D eigenvalue weighted by Crippen LogP contribution is -2.56. The summed E-state index contributed by atoms with van der Waals surface area (Å²) in [5.74, 6) is 4.15. The second-order valence-electron chi connectivity index (χ2n) is 10.1. The Balaban J connectivity index is 0.00000210. The first-order valence-electron chi connectivity index (χ1n) is 10.8. The molecule has 2 N–H and O–H groups in total. The second-order valence-corrected chi connectivity index (χ2v) is 10.1. The van der Waals surface area contributed by atoms with Crippen molar-refractivity contribution in [2.75, 3.05) is 13.2 Å². The zero-order chi connectivity index (χ0) is 18.5. The van der Waals surface area contributed by atoms with E-state index in [0.717, 1.165) is 43.9 Å². The summed E-state index contributed by atoms with van der Waals surface area (Å²) in [4.78, 5) is 18.0. The van der Waals surface area contributed by atoms with Crippen LogP contribution < -0.4 is 5.73 Å². The Morgan fingerprint density at radius 3 is 2.67 bits per heavy atom. The minimum absolute atomic E-state index is 0. The van der Waals surface area contributed by atoms with E-state index in [-0.39, 0.29) is 17.8 Å². The van der Waals surface area contributed by atoms with Gasteiger partial charge in [0.05, 0.1) is 5.71 Å². The molecule has 4 aliphatic rings. The van der Waals surface area contributed by atoms with Gasteiger partial charge in [-0.15, -0.1) is 12.4 Å². The van der Waals surface area contributed by atoms with Gasteiger partial charge in [0.2, 0.25) is 0 Å². The predicted molar refractivity (Wildman–Crippen MR) is 111 cm³/mol. The number of Topliss-reactive ketones (excluding diaryl/α,β-unsaturated/α-hetero) is 1. The number of halogens is 1. The highest BCUT2D eigenvalue weighted by Gasteiger charge is 2.61. The normalized spacial score (nSPS) is 47.6. The molecular formula is C22H37ClN2O2. The van der Waals surface area contributed by atoms with E-state index < -0.39 is 0 Å². The van der Waals surface area contributed by atoms with Crippen molar-refractivity contribution in [2.24, 2.45) is 51.3 Å². The molecule has 4 fully saturated rings. The van der Waals surface area contributed by atoms with Gasteiger partial charge in [-0.05, 0) is 80.0 Å². The van der Waals surface area contributed by atoms with Crippen LogP contribution in [0.4, 0.5) is 0 Å². The molecule has 0 radical (unpaired) electrons. The molecule has 0 bridgehead atoms. The lowest BCUT2D eigenvalue weighted by molar-refractivity contribution is -0.141. The standard InChI is InChI=1S/C22H36N2O2.ClH/c1-14-12-16-17-4-5-20(25)22(17,3)9-7-18(16)21(2)8-6-15(13-19(14)21)24-26-11-10-23;/h14,16-19H,4-13,23H2,1-3H3;1H/t14-,16-,17-,18-,19?,21+,22-;/m0./s1. The smallest absolute Gasteiger partial charge is 0.139 e. The summed E-state index contributed by atoms with van der Waals surface area (Å²) in [5.41, 5.74) is 7.14. The number of rotatable bonds is 3. The van der Waals surface area contributed by atoms with Gasteiger partial charge in [0.1, 0.15) is 12.4 Å². The van der Waals surface area contributed by atoms with E-state index in [0.29, 0.717) is 42.1 Å². The lowest BCUT2D eigenvalue weighted by atomic mass is 9.43. The van der Waals surface area contributed by atoms with Crippen molar-refractivity contribution in [3.63, 3.8) is 0 Å². The average molecular weight is 397 g/mol. The van der Waals surface area contributed by atoms with Crippen LogP contribution >= 0.6 is 12.4 Å². The highest BCUT2D eigenvalue weighted by atomic mass is 35.5. The van der Waals surface area contributed by atoms with Crippen LogP contribution in [0.1, 0.15) is 72.1 Å². The van der Waals surface area contributed by atoms with Crippen LogP contribution in [0.2, 0.25) is 0 Å². The first kappa shape index (κ1) is 21.1. The van der Waals surface area contributed by atoms with E-state index in [2.05, 4.69) is 25.9 Å². The number of oxime groups is 1. The fraction of sp³-hybridized carbons (Fsp3) is 0.909. The van der Waals surface area contributed by atoms with Crippen LogP contribution in [0, 0.1) is 40.4 Å². The molecule has 1 unspecified atom stereocenters. The van der Waals surface area contributed by atoms with Gasteiger partial charge >= 0.3 is 0 Å². The molecule has 0 aromatic carbocycles. The number of fused-ring (bicyclic) bond motifs is 5. The maximum atomic E-state index is 12.6. The molecule has 5 heteroatoms. The summed E-state index contributed by atoms with van der Waals surface area (Å²) < 4.78 is 0. The Hall–Kier alpha value is -0.610. The van der Waals surface area contributed by atoms with E-state index in [1.807, 2.05) is 0 Å². The highest BCUT2D eigenvalue weighted by molar-refractivity contribution is 5.87. The molecule has 4 aliphatic carbocycles. The maximum Gasteiger partial charge on any atom is 0.139 e. The van der Waals surface area contributed by atoms with E-state index in [9.17, 15) is 4.79 Å². The number of nitrogens with two attached hydrogens (primary N) is 1. The Labute approximate surface area is 170 Å². The van der Waals surface area contributed by atoms with Gasteiger partial charge in [-0.1, -0.05) is 25.9 Å². The van der Waals surface area contributed by atoms with Crippen molar-refractivity contribution in [1.29, 1.82) is 0 Å². The molecule has 7 atom stereocenters. The summed E-state index contributed by atoms with van der Waals surface area (Å²) in [7, 11) is 0. The van der Waals surface area contributed by atoms with Crippen LogP contribution in [0.25, 0.3) is 0 Å². The molecule has 0 aliphatic heterocycles. The number of ketones is 1. The summed E-state index contributed by atoms with van der Waals surface area (Å²) in [6.07, 6.45) is 9.02. The molecule has 0 spiro atoms. The van der Waals surface area contributed by atoms with Crippen LogP contribution in [0.5, 0.6) is 0 Å². The summed E-state index contributed by atoms with van der Waals surface area (Å²) in [5, 5.41) is 4.40. The molecule has 27 heavy (non-hydrogen) atoms. The number of hydrogen-bond acceptors (Lipinski definition) is 4. The SMILES string of the molecule is C[C@H]1C[C@@H]2[C@H](CC[C@]3(C)C(=O)CC[C@@H]23)[C@@]2(C)CCC(=NOCCN)CC12.Cl. The number of carbonyl (C=O) groups excluding carboxylic acids is 1. The van der Waals surface area contributed by atoms with Crippen molar-refractivity contribution in [1.82, 2.24) is 0 Å². The quantitative estimate of drug-likeness (QED) is 0.560. The van der Waals surface area contributed by atoms with E-state index in [1.54, 1.807) is 0 Å². The minimum atomic E-state index is -0.0125. The summed E-state index contributed by atoms with van der Waals surface area (Å²) >= 11 is 0. The Morgan fingerprint density at radius 1 is 1.15 bits per heavy atom. The average Bonchev–Trinajstić information content (AvgIpc) is 2.92. The first-order chi connectivity index (χ1) is 12.4. The largest absolute Gasteiger partial charge is 0.395 e. The van der Waals surface area contributed by atoms with Gasteiger partial charge in [0, 0.05) is 18.4 Å². The third-order valence-corrected chi connectivity index (χ3v) is 8.98. The molecule has 0 aromatic rings. The first-order valence-corrected chi connectivity index (χ1v) is 10.8. The third-order valence-electron chi connectivity index (χ3n) is 8.98. The van der Waals surface area contributed by atoms with Crippen LogP contribution in [-0.4, -0.2) is 24.6 Å². The van der Waals surface area contributed by atoms with Gasteiger partial charge in [-0.2, -0.15) is 0 Å². The van der Waals surface area contributed by atoms with Gasteiger partial charge < -0.3 is 10.6 Å². The van der Waals surface area contributed by atoms with Crippen molar-refractivity contribution in [2.45, 2.75) is 72.1 Å². The highest BCUT2D eigenvalue weighted by Crippen LogP contribution is 2.66. The van der Waals surface area contributed by atoms with Gasteiger partial charge in [-0.3, -0.25) is 4.79 Å². The zero-order valence-electron chi connectivity index (χ0n) is 17.2. The molecule has 4 saturated carbocycles. The lowest BCUT2D eigenvalue weighted by Gasteiger charge is -2.61.